The fourth-order valence-corrected chi connectivity index (χ4v) is 3.13. The summed E-state index contributed by atoms with van der Waals surface area (Å²) in [6, 6.07) is 4.87. The lowest BCUT2D eigenvalue weighted by atomic mass is 9.74. The van der Waals surface area contributed by atoms with Crippen LogP contribution in [-0.2, 0) is 4.79 Å². The first-order chi connectivity index (χ1) is 9.40. The number of urea groups is 1. The van der Waals surface area contributed by atoms with E-state index in [1.165, 1.54) is 0 Å². The molecule has 1 aromatic rings. The number of amides is 2. The predicted octanol–water partition coefficient (Wildman–Crippen LogP) is 3.46. The Morgan fingerprint density at radius 2 is 2.10 bits per heavy atom. The average molecular weight is 409 g/mol. The van der Waals surface area contributed by atoms with Gasteiger partial charge in [-0.3, -0.25) is 4.79 Å². The van der Waals surface area contributed by atoms with Crippen LogP contribution in [-0.4, -0.2) is 22.6 Å². The number of hydrogen-bond acceptors (Lipinski definition) is 2. The SMILES string of the molecule is O=C(O)CC1(NC(=O)Nc2ccc(I)cc2Cl)CCC1. The van der Waals surface area contributed by atoms with Crippen LogP contribution in [0.4, 0.5) is 10.5 Å². The zero-order valence-electron chi connectivity index (χ0n) is 10.6. The standard InChI is InChI=1S/C13H14ClIN2O3/c14-9-6-8(15)2-3-10(9)16-12(20)17-13(4-1-5-13)7-11(18)19/h2-3,6H,1,4-5,7H2,(H,18,19)(H2,16,17,20). The number of rotatable bonds is 4. The molecule has 1 aliphatic rings. The number of halogens is 2. The van der Waals surface area contributed by atoms with Crippen LogP contribution in [0.25, 0.3) is 0 Å². The highest BCUT2D eigenvalue weighted by Crippen LogP contribution is 2.35. The van der Waals surface area contributed by atoms with Gasteiger partial charge in [0.05, 0.1) is 22.7 Å². The summed E-state index contributed by atoms with van der Waals surface area (Å²) in [5.74, 6) is -0.905. The molecule has 0 aliphatic heterocycles. The van der Waals surface area contributed by atoms with Gasteiger partial charge in [0.25, 0.3) is 0 Å². The number of carboxylic acids is 1. The smallest absolute Gasteiger partial charge is 0.319 e. The molecule has 0 atom stereocenters. The molecule has 1 aromatic carbocycles. The van der Waals surface area contributed by atoms with E-state index in [1.54, 1.807) is 12.1 Å². The molecule has 1 aliphatic carbocycles. The maximum atomic E-state index is 12.0. The third-order valence-electron chi connectivity index (χ3n) is 3.36. The predicted molar refractivity (Wildman–Crippen MR) is 85.2 cm³/mol. The first-order valence-electron chi connectivity index (χ1n) is 6.16. The maximum Gasteiger partial charge on any atom is 0.319 e. The second kappa shape index (κ2) is 6.17. The molecule has 2 rings (SSSR count). The Hall–Kier alpha value is -1.02. The van der Waals surface area contributed by atoms with Gasteiger partial charge in [0.15, 0.2) is 0 Å². The third kappa shape index (κ3) is 3.76. The lowest BCUT2D eigenvalue weighted by molar-refractivity contribution is -0.139. The molecule has 5 nitrogen and oxygen atoms in total. The highest BCUT2D eigenvalue weighted by Gasteiger charge is 2.40. The molecule has 0 bridgehead atoms. The molecule has 0 spiro atoms. The first kappa shape index (κ1) is 15.4. The molecule has 0 saturated heterocycles. The van der Waals surface area contributed by atoms with Gasteiger partial charge in [-0.2, -0.15) is 0 Å². The van der Waals surface area contributed by atoms with Crippen molar-refractivity contribution in [3.05, 3.63) is 26.8 Å². The topological polar surface area (TPSA) is 78.4 Å². The molecular weight excluding hydrogens is 395 g/mol. The Kier molecular flexibility index (Phi) is 4.74. The fourth-order valence-electron chi connectivity index (χ4n) is 2.22. The van der Waals surface area contributed by atoms with E-state index in [0.717, 1.165) is 9.99 Å². The van der Waals surface area contributed by atoms with Crippen LogP contribution in [0.1, 0.15) is 25.7 Å². The molecule has 1 saturated carbocycles. The summed E-state index contributed by atoms with van der Waals surface area (Å²) >= 11 is 8.16. The Morgan fingerprint density at radius 1 is 1.40 bits per heavy atom. The van der Waals surface area contributed by atoms with E-state index >= 15 is 0 Å². The van der Waals surface area contributed by atoms with Gasteiger partial charge in [-0.1, -0.05) is 11.6 Å². The molecule has 3 N–H and O–H groups in total. The number of carboxylic acid groups (broad SMARTS) is 1. The first-order valence-corrected chi connectivity index (χ1v) is 7.62. The Balaban J connectivity index is 1.99. The van der Waals surface area contributed by atoms with Crippen molar-refractivity contribution in [2.75, 3.05) is 5.32 Å². The Morgan fingerprint density at radius 3 is 2.60 bits per heavy atom. The molecule has 1 fully saturated rings. The molecule has 7 heteroatoms. The summed E-state index contributed by atoms with van der Waals surface area (Å²) in [5.41, 5.74) is -0.111. The van der Waals surface area contributed by atoms with Gasteiger partial charge in [-0.25, -0.2) is 4.79 Å². The lowest BCUT2D eigenvalue weighted by Gasteiger charge is -2.41. The molecule has 20 heavy (non-hydrogen) atoms. The second-order valence-electron chi connectivity index (χ2n) is 4.91. The van der Waals surface area contributed by atoms with E-state index in [-0.39, 0.29) is 6.42 Å². The van der Waals surface area contributed by atoms with Crippen molar-refractivity contribution >= 4 is 51.9 Å². The van der Waals surface area contributed by atoms with Crippen LogP contribution < -0.4 is 10.6 Å². The molecule has 2 amide bonds. The molecule has 108 valence electrons. The van der Waals surface area contributed by atoms with Crippen LogP contribution in [0.15, 0.2) is 18.2 Å². The fraction of sp³-hybridized carbons (Fsp3) is 0.385. The van der Waals surface area contributed by atoms with Gasteiger partial charge in [0.2, 0.25) is 0 Å². The van der Waals surface area contributed by atoms with Gasteiger partial charge in [0, 0.05) is 3.57 Å². The highest BCUT2D eigenvalue weighted by atomic mass is 127. The van der Waals surface area contributed by atoms with Crippen LogP contribution in [0.2, 0.25) is 5.02 Å². The molecule has 0 radical (unpaired) electrons. The minimum absolute atomic E-state index is 0.0547. The normalized spacial score (nSPS) is 16.1. The van der Waals surface area contributed by atoms with E-state index in [1.807, 2.05) is 6.07 Å². The van der Waals surface area contributed by atoms with E-state index in [4.69, 9.17) is 16.7 Å². The van der Waals surface area contributed by atoms with Crippen LogP contribution in [0, 0.1) is 3.57 Å². The van der Waals surface area contributed by atoms with Crippen molar-refractivity contribution < 1.29 is 14.7 Å². The zero-order chi connectivity index (χ0) is 14.8. The Labute approximate surface area is 135 Å². The average Bonchev–Trinajstić information content (AvgIpc) is 2.29. The van der Waals surface area contributed by atoms with Crippen LogP contribution in [0.5, 0.6) is 0 Å². The van der Waals surface area contributed by atoms with E-state index in [2.05, 4.69) is 33.2 Å². The summed E-state index contributed by atoms with van der Waals surface area (Å²) in [7, 11) is 0. The zero-order valence-corrected chi connectivity index (χ0v) is 13.5. The van der Waals surface area contributed by atoms with Crippen molar-refractivity contribution in [2.45, 2.75) is 31.2 Å². The Bertz CT molecular complexity index is 546. The summed E-state index contributed by atoms with van der Waals surface area (Å²) in [6.45, 7) is 0. The van der Waals surface area contributed by atoms with Crippen molar-refractivity contribution in [3.8, 4) is 0 Å². The van der Waals surface area contributed by atoms with E-state index in [0.29, 0.717) is 23.6 Å². The van der Waals surface area contributed by atoms with Crippen molar-refractivity contribution in [1.82, 2.24) is 5.32 Å². The molecular formula is C13H14ClIN2O3. The maximum absolute atomic E-state index is 12.0. The number of carbonyl (C=O) groups is 2. The van der Waals surface area contributed by atoms with Gasteiger partial charge >= 0.3 is 12.0 Å². The molecule has 0 heterocycles. The van der Waals surface area contributed by atoms with Crippen molar-refractivity contribution in [1.29, 1.82) is 0 Å². The summed E-state index contributed by atoms with van der Waals surface area (Å²) in [4.78, 5) is 22.8. The van der Waals surface area contributed by atoms with Crippen molar-refractivity contribution in [2.24, 2.45) is 0 Å². The molecule has 0 aromatic heterocycles. The largest absolute Gasteiger partial charge is 0.481 e. The summed E-state index contributed by atoms with van der Waals surface area (Å²) in [5, 5.41) is 14.8. The number of benzene rings is 1. The summed E-state index contributed by atoms with van der Waals surface area (Å²) in [6.07, 6.45) is 2.25. The number of hydrogen-bond donors (Lipinski definition) is 3. The van der Waals surface area contributed by atoms with Crippen LogP contribution >= 0.6 is 34.2 Å². The van der Waals surface area contributed by atoms with Gasteiger partial charge in [0.1, 0.15) is 0 Å². The minimum atomic E-state index is -0.905. The van der Waals surface area contributed by atoms with Gasteiger partial charge in [-0.05, 0) is 60.1 Å². The highest BCUT2D eigenvalue weighted by molar-refractivity contribution is 14.1. The van der Waals surface area contributed by atoms with Crippen molar-refractivity contribution in [3.63, 3.8) is 0 Å². The molecule has 0 unspecified atom stereocenters. The third-order valence-corrected chi connectivity index (χ3v) is 4.34. The number of carbonyl (C=O) groups excluding carboxylic acids is 1. The lowest BCUT2D eigenvalue weighted by Crippen LogP contribution is -2.55. The number of anilines is 1. The monoisotopic (exact) mass is 408 g/mol. The van der Waals surface area contributed by atoms with Gasteiger partial charge < -0.3 is 15.7 Å². The van der Waals surface area contributed by atoms with E-state index in [9.17, 15) is 9.59 Å². The quantitative estimate of drug-likeness (QED) is 0.668. The summed E-state index contributed by atoms with van der Waals surface area (Å²) < 4.78 is 0.972. The van der Waals surface area contributed by atoms with Gasteiger partial charge in [-0.15, -0.1) is 0 Å². The number of nitrogens with one attached hydrogen (secondary N) is 2. The van der Waals surface area contributed by atoms with Crippen LogP contribution in [0.3, 0.4) is 0 Å². The van der Waals surface area contributed by atoms with E-state index < -0.39 is 17.5 Å². The minimum Gasteiger partial charge on any atom is -0.481 e. The number of aliphatic carboxylic acids is 1. The second-order valence-corrected chi connectivity index (χ2v) is 6.56.